The number of ether oxygens (including phenoxy) is 2. The molecule has 3 aromatic rings. The van der Waals surface area contributed by atoms with Crippen LogP contribution in [0.15, 0.2) is 40.8 Å². The molecule has 4 rings (SSSR count). The molecule has 1 aliphatic rings. The lowest BCUT2D eigenvalue weighted by atomic mass is 9.96. The van der Waals surface area contributed by atoms with Crippen molar-refractivity contribution < 1.29 is 19.0 Å². The van der Waals surface area contributed by atoms with Crippen molar-refractivity contribution in [1.29, 1.82) is 0 Å². The number of benzene rings is 2. The molecule has 1 aliphatic heterocycles. The fourth-order valence-corrected chi connectivity index (χ4v) is 2.96. The lowest BCUT2D eigenvalue weighted by molar-refractivity contribution is 0.171. The van der Waals surface area contributed by atoms with Gasteiger partial charge in [-0.2, -0.15) is 0 Å². The van der Waals surface area contributed by atoms with E-state index in [1.54, 1.807) is 0 Å². The summed E-state index contributed by atoms with van der Waals surface area (Å²) in [6.45, 7) is 2.86. The molecule has 134 valence electrons. The van der Waals surface area contributed by atoms with Crippen LogP contribution in [-0.4, -0.2) is 35.1 Å². The number of hydrogen-bond donors (Lipinski definition) is 2. The summed E-state index contributed by atoms with van der Waals surface area (Å²) in [5, 5.41) is 17.1. The maximum Gasteiger partial charge on any atom is 0.248 e. The molecule has 0 saturated carbocycles. The summed E-state index contributed by atoms with van der Waals surface area (Å²) in [5.41, 5.74) is 9.60. The second-order valence-corrected chi connectivity index (χ2v) is 6.07. The van der Waals surface area contributed by atoms with Crippen LogP contribution in [0.4, 0.5) is 0 Å². The van der Waals surface area contributed by atoms with Gasteiger partial charge in [0.15, 0.2) is 11.5 Å². The first kappa shape index (κ1) is 16.6. The molecule has 0 spiro atoms. The molecule has 1 aromatic heterocycles. The first-order valence-corrected chi connectivity index (χ1v) is 8.37. The van der Waals surface area contributed by atoms with Gasteiger partial charge in [-0.15, -0.1) is 10.2 Å². The first-order valence-electron chi connectivity index (χ1n) is 8.37. The monoisotopic (exact) mass is 353 g/mol. The molecular weight excluding hydrogens is 334 g/mol. The zero-order valence-electron chi connectivity index (χ0n) is 14.3. The van der Waals surface area contributed by atoms with Gasteiger partial charge in [-0.3, -0.25) is 0 Å². The number of hydrogen-bond acceptors (Lipinski definition) is 7. The first-order chi connectivity index (χ1) is 12.7. The highest BCUT2D eigenvalue weighted by molar-refractivity contribution is 5.76. The second kappa shape index (κ2) is 6.78. The molecule has 1 atom stereocenters. The third-order valence-electron chi connectivity index (χ3n) is 4.37. The van der Waals surface area contributed by atoms with E-state index in [0.29, 0.717) is 19.1 Å². The van der Waals surface area contributed by atoms with Crippen molar-refractivity contribution >= 4 is 0 Å². The molecule has 7 nitrogen and oxygen atoms in total. The van der Waals surface area contributed by atoms with Crippen molar-refractivity contribution in [3.05, 3.63) is 47.9 Å². The van der Waals surface area contributed by atoms with Gasteiger partial charge in [-0.05, 0) is 41.8 Å². The van der Waals surface area contributed by atoms with Crippen LogP contribution in [0.1, 0.15) is 17.5 Å². The Kier molecular flexibility index (Phi) is 4.32. The predicted molar refractivity (Wildman–Crippen MR) is 94.9 cm³/mol. The van der Waals surface area contributed by atoms with Crippen LogP contribution in [0.3, 0.4) is 0 Å². The van der Waals surface area contributed by atoms with Crippen molar-refractivity contribution in [2.75, 3.05) is 19.8 Å². The minimum Gasteiger partial charge on any atom is -0.486 e. The van der Waals surface area contributed by atoms with Gasteiger partial charge < -0.3 is 24.7 Å². The molecule has 3 N–H and O–H groups in total. The molecule has 0 amide bonds. The summed E-state index contributed by atoms with van der Waals surface area (Å²) in [5.74, 6) is 2.09. The lowest BCUT2D eigenvalue weighted by Crippen LogP contribution is -2.15. The molecule has 0 radical (unpaired) electrons. The molecule has 0 unspecified atom stereocenters. The SMILES string of the molecule is Cc1c(-c2ccc3c(c2)OCCO3)cccc1-c1nnc([C@H](N)CO)o1. The number of aliphatic hydroxyl groups excluding tert-OH is 1. The van der Waals surface area contributed by atoms with E-state index in [9.17, 15) is 0 Å². The highest BCUT2D eigenvalue weighted by Gasteiger charge is 2.18. The molecule has 2 aromatic carbocycles. The smallest absolute Gasteiger partial charge is 0.248 e. The Balaban J connectivity index is 1.73. The van der Waals surface area contributed by atoms with Crippen LogP contribution in [-0.2, 0) is 0 Å². The molecule has 0 saturated heterocycles. The Hall–Kier alpha value is -2.90. The number of fused-ring (bicyclic) bond motifs is 1. The van der Waals surface area contributed by atoms with Gasteiger partial charge in [0, 0.05) is 5.56 Å². The summed E-state index contributed by atoms with van der Waals surface area (Å²) in [6, 6.07) is 11.1. The van der Waals surface area contributed by atoms with Gasteiger partial charge in [0.25, 0.3) is 0 Å². The van der Waals surface area contributed by atoms with Gasteiger partial charge in [0.1, 0.15) is 19.3 Å². The number of aromatic nitrogens is 2. The van der Waals surface area contributed by atoms with Crippen LogP contribution < -0.4 is 15.2 Å². The molecule has 2 heterocycles. The number of rotatable bonds is 4. The van der Waals surface area contributed by atoms with Crippen molar-refractivity contribution in [3.63, 3.8) is 0 Å². The summed E-state index contributed by atoms with van der Waals surface area (Å²) in [4.78, 5) is 0. The Morgan fingerprint density at radius 2 is 1.85 bits per heavy atom. The highest BCUT2D eigenvalue weighted by Crippen LogP contribution is 2.37. The fraction of sp³-hybridized carbons (Fsp3) is 0.263. The maximum absolute atomic E-state index is 9.14. The van der Waals surface area contributed by atoms with Crippen LogP contribution in [0.25, 0.3) is 22.6 Å². The quantitative estimate of drug-likeness (QED) is 0.742. The molecule has 26 heavy (non-hydrogen) atoms. The number of aliphatic hydroxyl groups is 1. The zero-order chi connectivity index (χ0) is 18.1. The standard InChI is InChI=1S/C19H19N3O4/c1-11-13(12-5-6-16-17(9-12)25-8-7-24-16)3-2-4-14(11)18-21-22-19(26-18)15(20)10-23/h2-6,9,15,23H,7-8,10,20H2,1H3/t15-/m1/s1. The average Bonchev–Trinajstić information content (AvgIpc) is 3.17. The lowest BCUT2D eigenvalue weighted by Gasteiger charge is -2.19. The average molecular weight is 353 g/mol. The molecule has 0 fully saturated rings. The zero-order valence-corrected chi connectivity index (χ0v) is 14.3. The van der Waals surface area contributed by atoms with Crippen LogP contribution in [0, 0.1) is 6.92 Å². The van der Waals surface area contributed by atoms with E-state index in [1.807, 2.05) is 43.3 Å². The van der Waals surface area contributed by atoms with Gasteiger partial charge in [-0.25, -0.2) is 0 Å². The number of nitrogens with two attached hydrogens (primary N) is 1. The third kappa shape index (κ3) is 2.91. The minimum atomic E-state index is -0.683. The van der Waals surface area contributed by atoms with Crippen molar-refractivity contribution in [2.45, 2.75) is 13.0 Å². The van der Waals surface area contributed by atoms with Gasteiger partial charge in [0.2, 0.25) is 11.8 Å². The maximum atomic E-state index is 9.14. The summed E-state index contributed by atoms with van der Waals surface area (Å²) in [6.07, 6.45) is 0. The van der Waals surface area contributed by atoms with E-state index in [2.05, 4.69) is 10.2 Å². The van der Waals surface area contributed by atoms with E-state index in [0.717, 1.165) is 33.8 Å². The van der Waals surface area contributed by atoms with Crippen molar-refractivity contribution in [1.82, 2.24) is 10.2 Å². The topological polar surface area (TPSA) is 104 Å². The molecule has 0 aliphatic carbocycles. The minimum absolute atomic E-state index is 0.214. The van der Waals surface area contributed by atoms with E-state index in [4.69, 9.17) is 24.7 Å². The van der Waals surface area contributed by atoms with Crippen LogP contribution >= 0.6 is 0 Å². The summed E-state index contributed by atoms with van der Waals surface area (Å²) < 4.78 is 16.9. The Morgan fingerprint density at radius 1 is 1.08 bits per heavy atom. The largest absolute Gasteiger partial charge is 0.486 e. The Labute approximate surface area is 150 Å². The van der Waals surface area contributed by atoms with E-state index < -0.39 is 6.04 Å². The van der Waals surface area contributed by atoms with Crippen LogP contribution in [0.5, 0.6) is 11.5 Å². The van der Waals surface area contributed by atoms with E-state index >= 15 is 0 Å². The molecular formula is C19H19N3O4. The van der Waals surface area contributed by atoms with E-state index in [1.165, 1.54) is 0 Å². The van der Waals surface area contributed by atoms with E-state index in [-0.39, 0.29) is 12.5 Å². The molecule has 0 bridgehead atoms. The molecule has 7 heteroatoms. The van der Waals surface area contributed by atoms with Crippen LogP contribution in [0.2, 0.25) is 0 Å². The number of nitrogens with zero attached hydrogens (tertiary/aromatic N) is 2. The predicted octanol–water partition coefficient (Wildman–Crippen LogP) is 2.48. The van der Waals surface area contributed by atoms with Crippen molar-refractivity contribution in [3.8, 4) is 34.1 Å². The van der Waals surface area contributed by atoms with Gasteiger partial charge >= 0.3 is 0 Å². The van der Waals surface area contributed by atoms with Gasteiger partial charge in [-0.1, -0.05) is 18.2 Å². The highest BCUT2D eigenvalue weighted by atomic mass is 16.6. The summed E-state index contributed by atoms with van der Waals surface area (Å²) in [7, 11) is 0. The summed E-state index contributed by atoms with van der Waals surface area (Å²) >= 11 is 0. The second-order valence-electron chi connectivity index (χ2n) is 6.07. The van der Waals surface area contributed by atoms with Crippen molar-refractivity contribution in [2.24, 2.45) is 5.73 Å². The Morgan fingerprint density at radius 3 is 2.65 bits per heavy atom. The Bertz CT molecular complexity index is 938. The fourth-order valence-electron chi connectivity index (χ4n) is 2.96. The third-order valence-corrected chi connectivity index (χ3v) is 4.37. The normalized spacial score (nSPS) is 14.3. The van der Waals surface area contributed by atoms with Gasteiger partial charge in [0.05, 0.1) is 6.61 Å².